The van der Waals surface area contributed by atoms with E-state index in [2.05, 4.69) is 20.1 Å². The SMILES string of the molecule is COCCc1nnc(C)n1C1CCCNC1. The van der Waals surface area contributed by atoms with E-state index in [1.54, 1.807) is 7.11 Å². The van der Waals surface area contributed by atoms with Crippen molar-refractivity contribution in [2.75, 3.05) is 26.8 Å². The van der Waals surface area contributed by atoms with Gasteiger partial charge in [-0.1, -0.05) is 0 Å². The van der Waals surface area contributed by atoms with Crippen LogP contribution in [0.2, 0.25) is 0 Å². The Kier molecular flexibility index (Phi) is 3.90. The van der Waals surface area contributed by atoms with Crippen LogP contribution in [0.15, 0.2) is 0 Å². The number of hydrogen-bond acceptors (Lipinski definition) is 4. The van der Waals surface area contributed by atoms with Crippen LogP contribution in [0.5, 0.6) is 0 Å². The Bertz CT molecular complexity index is 331. The molecule has 1 atom stereocenters. The number of ether oxygens (including phenoxy) is 1. The second-order valence-corrected chi connectivity index (χ2v) is 4.28. The van der Waals surface area contributed by atoms with Crippen molar-refractivity contribution < 1.29 is 4.74 Å². The van der Waals surface area contributed by atoms with Crippen LogP contribution in [0.3, 0.4) is 0 Å². The van der Waals surface area contributed by atoms with E-state index in [9.17, 15) is 0 Å². The summed E-state index contributed by atoms with van der Waals surface area (Å²) in [7, 11) is 1.72. The summed E-state index contributed by atoms with van der Waals surface area (Å²) in [5.41, 5.74) is 0. The van der Waals surface area contributed by atoms with Crippen molar-refractivity contribution in [2.24, 2.45) is 0 Å². The molecule has 1 saturated heterocycles. The highest BCUT2D eigenvalue weighted by atomic mass is 16.5. The molecule has 1 aromatic rings. The van der Waals surface area contributed by atoms with Gasteiger partial charge in [0.2, 0.25) is 0 Å². The lowest BCUT2D eigenvalue weighted by atomic mass is 10.1. The van der Waals surface area contributed by atoms with Crippen LogP contribution in [0, 0.1) is 6.92 Å². The maximum absolute atomic E-state index is 5.10. The summed E-state index contributed by atoms with van der Waals surface area (Å²) in [5.74, 6) is 2.06. The lowest BCUT2D eigenvalue weighted by Crippen LogP contribution is -2.33. The maximum Gasteiger partial charge on any atom is 0.135 e. The van der Waals surface area contributed by atoms with Crippen molar-refractivity contribution in [1.82, 2.24) is 20.1 Å². The molecule has 0 spiro atoms. The Morgan fingerprint density at radius 1 is 1.50 bits per heavy atom. The number of aryl methyl sites for hydroxylation is 1. The predicted octanol–water partition coefficient (Wildman–Crippen LogP) is 0.700. The molecular weight excluding hydrogens is 204 g/mol. The number of rotatable bonds is 4. The van der Waals surface area contributed by atoms with E-state index in [0.29, 0.717) is 12.6 Å². The van der Waals surface area contributed by atoms with Gasteiger partial charge in [-0.25, -0.2) is 0 Å². The fraction of sp³-hybridized carbons (Fsp3) is 0.818. The van der Waals surface area contributed by atoms with Crippen molar-refractivity contribution in [3.63, 3.8) is 0 Å². The molecule has 0 aromatic carbocycles. The normalized spacial score (nSPS) is 21.2. The third kappa shape index (κ3) is 2.41. The summed E-state index contributed by atoms with van der Waals surface area (Å²) in [4.78, 5) is 0. The van der Waals surface area contributed by atoms with E-state index >= 15 is 0 Å². The summed E-state index contributed by atoms with van der Waals surface area (Å²) in [6.07, 6.45) is 3.28. The van der Waals surface area contributed by atoms with Gasteiger partial charge in [0, 0.05) is 26.1 Å². The third-order valence-electron chi connectivity index (χ3n) is 3.10. The monoisotopic (exact) mass is 224 g/mol. The van der Waals surface area contributed by atoms with Crippen LogP contribution in [-0.2, 0) is 11.2 Å². The highest BCUT2D eigenvalue weighted by molar-refractivity contribution is 4.99. The molecule has 1 aliphatic heterocycles. The van der Waals surface area contributed by atoms with Crippen LogP contribution in [0.4, 0.5) is 0 Å². The van der Waals surface area contributed by atoms with Gasteiger partial charge in [-0.3, -0.25) is 0 Å². The predicted molar refractivity (Wildman–Crippen MR) is 61.5 cm³/mol. The van der Waals surface area contributed by atoms with Crippen molar-refractivity contribution in [3.8, 4) is 0 Å². The molecule has 5 nitrogen and oxygen atoms in total. The van der Waals surface area contributed by atoms with Gasteiger partial charge in [-0.05, 0) is 26.3 Å². The maximum atomic E-state index is 5.10. The minimum absolute atomic E-state index is 0.510. The first-order chi connectivity index (χ1) is 7.83. The highest BCUT2D eigenvalue weighted by Gasteiger charge is 2.20. The molecule has 0 amide bonds. The van der Waals surface area contributed by atoms with Crippen LogP contribution < -0.4 is 5.32 Å². The smallest absolute Gasteiger partial charge is 0.135 e. The first kappa shape index (κ1) is 11.5. The number of piperidine rings is 1. The van der Waals surface area contributed by atoms with E-state index in [0.717, 1.165) is 31.2 Å². The first-order valence-electron chi connectivity index (χ1n) is 5.93. The fourth-order valence-electron chi connectivity index (χ4n) is 2.31. The molecule has 0 aliphatic carbocycles. The molecule has 5 heteroatoms. The Balaban J connectivity index is 2.13. The van der Waals surface area contributed by atoms with Gasteiger partial charge in [0.1, 0.15) is 11.6 Å². The molecule has 90 valence electrons. The third-order valence-corrected chi connectivity index (χ3v) is 3.10. The molecule has 1 aliphatic rings. The van der Waals surface area contributed by atoms with Gasteiger partial charge in [-0.15, -0.1) is 10.2 Å². The lowest BCUT2D eigenvalue weighted by Gasteiger charge is -2.26. The second-order valence-electron chi connectivity index (χ2n) is 4.28. The molecular formula is C11H20N4O. The van der Waals surface area contributed by atoms with Gasteiger partial charge in [0.05, 0.1) is 6.61 Å². The summed E-state index contributed by atoms with van der Waals surface area (Å²) in [5, 5.41) is 11.8. The molecule has 0 bridgehead atoms. The van der Waals surface area contributed by atoms with Gasteiger partial charge >= 0.3 is 0 Å². The second kappa shape index (κ2) is 5.41. The van der Waals surface area contributed by atoms with Crippen LogP contribution >= 0.6 is 0 Å². The minimum atomic E-state index is 0.510. The molecule has 2 rings (SSSR count). The Hall–Kier alpha value is -0.940. The molecule has 2 heterocycles. The molecule has 1 aromatic heterocycles. The molecule has 0 radical (unpaired) electrons. The first-order valence-corrected chi connectivity index (χ1v) is 5.93. The molecule has 1 fully saturated rings. The van der Waals surface area contributed by atoms with E-state index < -0.39 is 0 Å². The van der Waals surface area contributed by atoms with Gasteiger partial charge in [0.25, 0.3) is 0 Å². The zero-order chi connectivity index (χ0) is 11.4. The largest absolute Gasteiger partial charge is 0.384 e. The number of hydrogen-bond donors (Lipinski definition) is 1. The summed E-state index contributed by atoms with van der Waals surface area (Å²) in [6.45, 7) is 4.89. The Morgan fingerprint density at radius 2 is 2.38 bits per heavy atom. The average molecular weight is 224 g/mol. The van der Waals surface area contributed by atoms with E-state index in [-0.39, 0.29) is 0 Å². The van der Waals surface area contributed by atoms with Crippen LogP contribution in [0.1, 0.15) is 30.5 Å². The van der Waals surface area contributed by atoms with Crippen molar-refractivity contribution in [3.05, 3.63) is 11.6 Å². The Morgan fingerprint density at radius 3 is 3.06 bits per heavy atom. The van der Waals surface area contributed by atoms with E-state index in [1.165, 1.54) is 12.8 Å². The lowest BCUT2D eigenvalue weighted by molar-refractivity contribution is 0.198. The minimum Gasteiger partial charge on any atom is -0.384 e. The quantitative estimate of drug-likeness (QED) is 0.818. The average Bonchev–Trinajstić information content (AvgIpc) is 2.69. The molecule has 1 unspecified atom stereocenters. The van der Waals surface area contributed by atoms with Crippen molar-refractivity contribution in [1.29, 1.82) is 0 Å². The van der Waals surface area contributed by atoms with E-state index in [1.807, 2.05) is 6.92 Å². The summed E-state index contributed by atoms with van der Waals surface area (Å²) >= 11 is 0. The Labute approximate surface area is 96.2 Å². The zero-order valence-electron chi connectivity index (χ0n) is 10.1. The summed E-state index contributed by atoms with van der Waals surface area (Å²) in [6, 6.07) is 0.510. The van der Waals surface area contributed by atoms with Crippen LogP contribution in [-0.4, -0.2) is 41.6 Å². The standard InChI is InChI=1S/C11H20N4O/c1-9-13-14-11(5-7-16-2)15(9)10-4-3-6-12-8-10/h10,12H,3-8H2,1-2H3. The molecule has 1 N–H and O–H groups in total. The topological polar surface area (TPSA) is 52.0 Å². The zero-order valence-corrected chi connectivity index (χ0v) is 10.1. The number of nitrogens with zero attached hydrogens (tertiary/aromatic N) is 3. The highest BCUT2D eigenvalue weighted by Crippen LogP contribution is 2.19. The number of aromatic nitrogens is 3. The van der Waals surface area contributed by atoms with Crippen LogP contribution in [0.25, 0.3) is 0 Å². The van der Waals surface area contributed by atoms with Crippen molar-refractivity contribution in [2.45, 2.75) is 32.2 Å². The number of methoxy groups -OCH3 is 1. The number of nitrogens with one attached hydrogen (secondary N) is 1. The van der Waals surface area contributed by atoms with Crippen molar-refractivity contribution >= 4 is 0 Å². The summed E-state index contributed by atoms with van der Waals surface area (Å²) < 4.78 is 7.37. The fourth-order valence-corrected chi connectivity index (χ4v) is 2.31. The van der Waals surface area contributed by atoms with E-state index in [4.69, 9.17) is 4.74 Å². The van der Waals surface area contributed by atoms with Gasteiger partial charge < -0.3 is 14.6 Å². The van der Waals surface area contributed by atoms with Gasteiger partial charge in [-0.2, -0.15) is 0 Å². The van der Waals surface area contributed by atoms with Gasteiger partial charge in [0.15, 0.2) is 0 Å². The molecule has 16 heavy (non-hydrogen) atoms. The molecule has 0 saturated carbocycles.